The Labute approximate surface area is 114 Å². The van der Waals surface area contributed by atoms with E-state index in [1.807, 2.05) is 62.4 Å². The molecule has 2 nitrogen and oxygen atoms in total. The van der Waals surface area contributed by atoms with Gasteiger partial charge in [0.2, 0.25) is 0 Å². The van der Waals surface area contributed by atoms with Crippen LogP contribution in [-0.2, 0) is 6.42 Å². The lowest BCUT2D eigenvalue weighted by atomic mass is 9.97. The fourth-order valence-corrected chi connectivity index (χ4v) is 2.27. The number of rotatable bonds is 4. The molecule has 2 heteroatoms. The summed E-state index contributed by atoms with van der Waals surface area (Å²) in [5.74, 6) is 0. The zero-order valence-corrected chi connectivity index (χ0v) is 11.4. The van der Waals surface area contributed by atoms with E-state index in [0.29, 0.717) is 6.42 Å². The molecule has 2 rings (SSSR count). The fourth-order valence-electron chi connectivity index (χ4n) is 2.27. The monoisotopic (exact) mass is 256 g/mol. The molecule has 0 spiro atoms. The Morgan fingerprint density at radius 1 is 0.895 bits per heavy atom. The first-order chi connectivity index (χ1) is 9.06. The van der Waals surface area contributed by atoms with Gasteiger partial charge in [-0.25, -0.2) is 0 Å². The summed E-state index contributed by atoms with van der Waals surface area (Å²) < 4.78 is 0. The third-order valence-electron chi connectivity index (χ3n) is 3.28. The van der Waals surface area contributed by atoms with Crippen LogP contribution < -0.4 is 0 Å². The van der Waals surface area contributed by atoms with Gasteiger partial charge in [0.05, 0.1) is 6.10 Å². The lowest BCUT2D eigenvalue weighted by molar-refractivity contribution is 0.0189. The molecule has 100 valence electrons. The van der Waals surface area contributed by atoms with Crippen LogP contribution in [0.5, 0.6) is 0 Å². The van der Waals surface area contributed by atoms with Crippen molar-refractivity contribution in [3.63, 3.8) is 0 Å². The number of hydrogen-bond donors (Lipinski definition) is 2. The van der Waals surface area contributed by atoms with E-state index in [4.69, 9.17) is 0 Å². The van der Waals surface area contributed by atoms with E-state index in [1.54, 1.807) is 0 Å². The van der Waals surface area contributed by atoms with Crippen molar-refractivity contribution in [1.82, 2.24) is 0 Å². The van der Waals surface area contributed by atoms with Gasteiger partial charge < -0.3 is 10.2 Å². The largest absolute Gasteiger partial charge is 0.390 e. The van der Waals surface area contributed by atoms with Crippen molar-refractivity contribution in [3.05, 3.63) is 70.8 Å². The van der Waals surface area contributed by atoms with Crippen LogP contribution in [0.2, 0.25) is 0 Å². The average molecular weight is 256 g/mol. The highest BCUT2D eigenvalue weighted by molar-refractivity contribution is 5.26. The maximum atomic E-state index is 10.2. The summed E-state index contributed by atoms with van der Waals surface area (Å²) in [5.41, 5.74) is 4.05. The molecule has 2 atom stereocenters. The van der Waals surface area contributed by atoms with Crippen molar-refractivity contribution in [2.75, 3.05) is 0 Å². The van der Waals surface area contributed by atoms with Gasteiger partial charge in [0.15, 0.2) is 0 Å². The van der Waals surface area contributed by atoms with Crippen molar-refractivity contribution >= 4 is 0 Å². The molecule has 0 aromatic heterocycles. The SMILES string of the molecule is Cc1cccc(CC(O)C(O)c2cccc(C)c2)c1. The van der Waals surface area contributed by atoms with Crippen molar-refractivity contribution in [3.8, 4) is 0 Å². The Morgan fingerprint density at radius 2 is 1.53 bits per heavy atom. The molecule has 0 heterocycles. The predicted molar refractivity (Wildman–Crippen MR) is 77.0 cm³/mol. The molecular weight excluding hydrogens is 236 g/mol. The Hall–Kier alpha value is -1.64. The van der Waals surface area contributed by atoms with Gasteiger partial charge in [-0.3, -0.25) is 0 Å². The minimum atomic E-state index is -0.847. The Bertz CT molecular complexity index is 548. The number of aryl methyl sites for hydroxylation is 2. The van der Waals surface area contributed by atoms with Crippen LogP contribution >= 0.6 is 0 Å². The number of aliphatic hydroxyl groups is 2. The van der Waals surface area contributed by atoms with Gasteiger partial charge in [-0.2, -0.15) is 0 Å². The molecule has 19 heavy (non-hydrogen) atoms. The fraction of sp³-hybridized carbons (Fsp3) is 0.294. The van der Waals surface area contributed by atoms with Gasteiger partial charge in [0.25, 0.3) is 0 Å². The van der Waals surface area contributed by atoms with Gasteiger partial charge in [-0.1, -0.05) is 59.7 Å². The van der Waals surface area contributed by atoms with E-state index in [1.165, 1.54) is 0 Å². The second kappa shape index (κ2) is 6.00. The molecule has 2 aromatic carbocycles. The first-order valence-electron chi connectivity index (χ1n) is 6.54. The van der Waals surface area contributed by atoms with Crippen LogP contribution in [0.25, 0.3) is 0 Å². The minimum absolute atomic E-state index is 0.455. The van der Waals surface area contributed by atoms with Gasteiger partial charge in [-0.05, 0) is 25.0 Å². The molecule has 0 aliphatic carbocycles. The number of hydrogen-bond acceptors (Lipinski definition) is 2. The zero-order chi connectivity index (χ0) is 13.8. The zero-order valence-electron chi connectivity index (χ0n) is 11.4. The quantitative estimate of drug-likeness (QED) is 0.883. The molecule has 0 radical (unpaired) electrons. The number of benzene rings is 2. The van der Waals surface area contributed by atoms with Crippen molar-refractivity contribution in [1.29, 1.82) is 0 Å². The smallest absolute Gasteiger partial charge is 0.105 e. The molecule has 0 bridgehead atoms. The van der Waals surface area contributed by atoms with Gasteiger partial charge >= 0.3 is 0 Å². The predicted octanol–water partition coefficient (Wildman–Crippen LogP) is 2.94. The molecule has 0 fully saturated rings. The maximum absolute atomic E-state index is 10.2. The first kappa shape index (κ1) is 13.8. The highest BCUT2D eigenvalue weighted by atomic mass is 16.3. The van der Waals surface area contributed by atoms with E-state index in [9.17, 15) is 10.2 Å². The van der Waals surface area contributed by atoms with Crippen LogP contribution in [0.4, 0.5) is 0 Å². The summed E-state index contributed by atoms with van der Waals surface area (Å²) in [7, 11) is 0. The standard InChI is InChI=1S/C17H20O2/c1-12-5-3-7-14(9-12)11-16(18)17(19)15-8-4-6-13(2)10-15/h3-10,16-19H,11H2,1-2H3. The highest BCUT2D eigenvalue weighted by Crippen LogP contribution is 2.21. The summed E-state index contributed by atoms with van der Waals surface area (Å²) in [4.78, 5) is 0. The van der Waals surface area contributed by atoms with Crippen LogP contribution in [0.1, 0.15) is 28.4 Å². The molecule has 0 amide bonds. The van der Waals surface area contributed by atoms with Crippen molar-refractivity contribution in [2.24, 2.45) is 0 Å². The van der Waals surface area contributed by atoms with Crippen LogP contribution in [0.15, 0.2) is 48.5 Å². The van der Waals surface area contributed by atoms with E-state index in [-0.39, 0.29) is 0 Å². The van der Waals surface area contributed by atoms with Gasteiger partial charge in [0.1, 0.15) is 6.10 Å². The maximum Gasteiger partial charge on any atom is 0.105 e. The lowest BCUT2D eigenvalue weighted by Gasteiger charge is -2.19. The molecule has 0 saturated heterocycles. The van der Waals surface area contributed by atoms with Crippen molar-refractivity contribution in [2.45, 2.75) is 32.5 Å². The Kier molecular flexibility index (Phi) is 4.35. The van der Waals surface area contributed by atoms with E-state index in [0.717, 1.165) is 22.3 Å². The Morgan fingerprint density at radius 3 is 2.16 bits per heavy atom. The Balaban J connectivity index is 2.09. The third-order valence-corrected chi connectivity index (χ3v) is 3.28. The second-order valence-corrected chi connectivity index (χ2v) is 5.12. The normalized spacial score (nSPS) is 14.1. The second-order valence-electron chi connectivity index (χ2n) is 5.12. The van der Waals surface area contributed by atoms with Crippen LogP contribution in [0, 0.1) is 13.8 Å². The molecule has 2 N–H and O–H groups in total. The summed E-state index contributed by atoms with van der Waals surface area (Å²) in [6.45, 7) is 4.00. The summed E-state index contributed by atoms with van der Waals surface area (Å²) in [6, 6.07) is 15.6. The molecule has 2 unspecified atom stereocenters. The van der Waals surface area contributed by atoms with Crippen LogP contribution in [0.3, 0.4) is 0 Å². The van der Waals surface area contributed by atoms with E-state index < -0.39 is 12.2 Å². The van der Waals surface area contributed by atoms with E-state index in [2.05, 4.69) is 0 Å². The molecule has 0 aliphatic rings. The molecule has 2 aromatic rings. The first-order valence-corrected chi connectivity index (χ1v) is 6.54. The molecule has 0 aliphatic heterocycles. The van der Waals surface area contributed by atoms with Gasteiger partial charge in [0, 0.05) is 6.42 Å². The van der Waals surface area contributed by atoms with Crippen molar-refractivity contribution < 1.29 is 10.2 Å². The number of aliphatic hydroxyl groups excluding tert-OH is 2. The topological polar surface area (TPSA) is 40.5 Å². The molecule has 0 saturated carbocycles. The van der Waals surface area contributed by atoms with E-state index >= 15 is 0 Å². The summed E-state index contributed by atoms with van der Waals surface area (Å²) in [5, 5.41) is 20.4. The lowest BCUT2D eigenvalue weighted by Crippen LogP contribution is -2.21. The summed E-state index contributed by atoms with van der Waals surface area (Å²) in [6.07, 6.45) is -1.18. The third kappa shape index (κ3) is 3.66. The summed E-state index contributed by atoms with van der Waals surface area (Å²) >= 11 is 0. The highest BCUT2D eigenvalue weighted by Gasteiger charge is 2.18. The molecular formula is C17H20O2. The van der Waals surface area contributed by atoms with Gasteiger partial charge in [-0.15, -0.1) is 0 Å². The minimum Gasteiger partial charge on any atom is -0.390 e. The average Bonchev–Trinajstić information content (AvgIpc) is 2.38. The van der Waals surface area contributed by atoms with Crippen LogP contribution in [-0.4, -0.2) is 16.3 Å².